The van der Waals surface area contributed by atoms with Gasteiger partial charge in [0.1, 0.15) is 5.78 Å². The first kappa shape index (κ1) is 14.7. The Morgan fingerprint density at radius 3 is 2.35 bits per heavy atom. The zero-order valence-corrected chi connectivity index (χ0v) is 11.6. The third kappa shape index (κ3) is 6.82. The summed E-state index contributed by atoms with van der Waals surface area (Å²) < 4.78 is 0. The fourth-order valence-corrected chi connectivity index (χ4v) is 2.75. The highest BCUT2D eigenvalue weighted by molar-refractivity contribution is 5.80. The van der Waals surface area contributed by atoms with Crippen molar-refractivity contribution in [1.29, 1.82) is 0 Å². The number of Topliss-reactive ketones (excluding diaryl/α,β-unsaturated/α-hetero) is 1. The van der Waals surface area contributed by atoms with E-state index in [9.17, 15) is 4.79 Å². The molecule has 0 saturated carbocycles. The van der Waals surface area contributed by atoms with Crippen LogP contribution < -0.4 is 5.32 Å². The van der Waals surface area contributed by atoms with Crippen LogP contribution >= 0.6 is 0 Å². The first-order valence-corrected chi connectivity index (χ1v) is 7.50. The van der Waals surface area contributed by atoms with Crippen molar-refractivity contribution in [3.05, 3.63) is 0 Å². The average Bonchev–Trinajstić information content (AvgIpc) is 2.26. The van der Waals surface area contributed by atoms with Gasteiger partial charge < -0.3 is 5.32 Å². The molecule has 0 unspecified atom stereocenters. The molecule has 1 fully saturated rings. The standard InChI is InChI=1S/C15H29NO/c1-3-4-5-6-7-8-9-10-14-12-15(17)11-13(2)16-14/h13-14,16H,3-12H2,1-2H3/t13-,14-/m1/s1. The molecule has 1 aliphatic heterocycles. The molecule has 100 valence electrons. The molecule has 1 heterocycles. The highest BCUT2D eigenvalue weighted by Crippen LogP contribution is 2.16. The van der Waals surface area contributed by atoms with Crippen molar-refractivity contribution in [2.45, 2.75) is 90.1 Å². The topological polar surface area (TPSA) is 29.1 Å². The van der Waals surface area contributed by atoms with E-state index in [1.807, 2.05) is 0 Å². The Morgan fingerprint density at radius 1 is 1.06 bits per heavy atom. The van der Waals surface area contributed by atoms with Gasteiger partial charge in [-0.1, -0.05) is 51.9 Å². The molecule has 2 nitrogen and oxygen atoms in total. The van der Waals surface area contributed by atoms with Crippen LogP contribution in [0.1, 0.15) is 78.1 Å². The van der Waals surface area contributed by atoms with Crippen molar-refractivity contribution in [3.63, 3.8) is 0 Å². The quantitative estimate of drug-likeness (QED) is 0.652. The van der Waals surface area contributed by atoms with E-state index < -0.39 is 0 Å². The molecule has 0 aromatic carbocycles. The zero-order chi connectivity index (χ0) is 12.5. The van der Waals surface area contributed by atoms with E-state index in [4.69, 9.17) is 0 Å². The molecule has 0 aromatic rings. The maximum atomic E-state index is 11.5. The predicted molar refractivity (Wildman–Crippen MR) is 73.2 cm³/mol. The van der Waals surface area contributed by atoms with Gasteiger partial charge in [-0.3, -0.25) is 4.79 Å². The van der Waals surface area contributed by atoms with E-state index in [1.54, 1.807) is 0 Å². The largest absolute Gasteiger partial charge is 0.311 e. The Balaban J connectivity index is 1.97. The monoisotopic (exact) mass is 239 g/mol. The number of carbonyl (C=O) groups is 1. The number of unbranched alkanes of at least 4 members (excludes halogenated alkanes) is 6. The Labute approximate surface area is 107 Å². The molecule has 1 N–H and O–H groups in total. The number of rotatable bonds is 8. The molecule has 0 amide bonds. The molecule has 1 rings (SSSR count). The number of hydrogen-bond donors (Lipinski definition) is 1. The van der Waals surface area contributed by atoms with Crippen LogP contribution in [-0.4, -0.2) is 17.9 Å². The second-order valence-electron chi connectivity index (χ2n) is 5.62. The lowest BCUT2D eigenvalue weighted by Crippen LogP contribution is -2.44. The van der Waals surface area contributed by atoms with Gasteiger partial charge in [0.15, 0.2) is 0 Å². The van der Waals surface area contributed by atoms with E-state index in [0.29, 0.717) is 17.9 Å². The van der Waals surface area contributed by atoms with Gasteiger partial charge in [-0.2, -0.15) is 0 Å². The summed E-state index contributed by atoms with van der Waals surface area (Å²) in [6.07, 6.45) is 12.2. The average molecular weight is 239 g/mol. The molecule has 0 spiro atoms. The minimum absolute atomic E-state index is 0.394. The molecule has 17 heavy (non-hydrogen) atoms. The maximum Gasteiger partial charge on any atom is 0.136 e. The summed E-state index contributed by atoms with van der Waals surface area (Å²) >= 11 is 0. The van der Waals surface area contributed by atoms with Crippen LogP contribution in [-0.2, 0) is 4.79 Å². The summed E-state index contributed by atoms with van der Waals surface area (Å²) in [6.45, 7) is 4.38. The summed E-state index contributed by atoms with van der Waals surface area (Å²) in [6, 6.07) is 0.854. The number of hydrogen-bond acceptors (Lipinski definition) is 2. The van der Waals surface area contributed by atoms with E-state index in [2.05, 4.69) is 19.2 Å². The Hall–Kier alpha value is -0.370. The second-order valence-corrected chi connectivity index (χ2v) is 5.62. The smallest absolute Gasteiger partial charge is 0.136 e. The van der Waals surface area contributed by atoms with Crippen LogP contribution in [0.3, 0.4) is 0 Å². The Bertz CT molecular complexity index is 215. The van der Waals surface area contributed by atoms with Gasteiger partial charge >= 0.3 is 0 Å². The summed E-state index contributed by atoms with van der Waals surface area (Å²) in [5.41, 5.74) is 0. The second kappa shape index (κ2) is 8.68. The Morgan fingerprint density at radius 2 is 1.71 bits per heavy atom. The van der Waals surface area contributed by atoms with Crippen molar-refractivity contribution >= 4 is 5.78 Å². The SMILES string of the molecule is CCCCCCCCC[C@@H]1CC(=O)C[C@@H](C)N1. The summed E-state index contributed by atoms with van der Waals surface area (Å²) in [5.74, 6) is 0.448. The van der Waals surface area contributed by atoms with Gasteiger partial charge in [0, 0.05) is 24.9 Å². The van der Waals surface area contributed by atoms with Crippen LogP contribution in [0.15, 0.2) is 0 Å². The van der Waals surface area contributed by atoms with Crippen molar-refractivity contribution in [2.75, 3.05) is 0 Å². The maximum absolute atomic E-state index is 11.5. The molecule has 0 aliphatic carbocycles. The van der Waals surface area contributed by atoms with Crippen LogP contribution in [0.2, 0.25) is 0 Å². The van der Waals surface area contributed by atoms with Crippen LogP contribution in [0, 0.1) is 0 Å². The Kier molecular flexibility index (Phi) is 7.50. The van der Waals surface area contributed by atoms with Crippen LogP contribution in [0.5, 0.6) is 0 Å². The third-order valence-electron chi connectivity index (χ3n) is 3.68. The third-order valence-corrected chi connectivity index (χ3v) is 3.68. The molecule has 2 atom stereocenters. The molecule has 0 radical (unpaired) electrons. The normalized spacial score (nSPS) is 25.2. The highest BCUT2D eigenvalue weighted by atomic mass is 16.1. The minimum Gasteiger partial charge on any atom is -0.311 e. The molecule has 0 aromatic heterocycles. The van der Waals surface area contributed by atoms with Gasteiger partial charge in [-0.05, 0) is 13.3 Å². The van der Waals surface area contributed by atoms with E-state index in [-0.39, 0.29) is 0 Å². The lowest BCUT2D eigenvalue weighted by Gasteiger charge is -2.27. The van der Waals surface area contributed by atoms with Crippen LogP contribution in [0.4, 0.5) is 0 Å². The van der Waals surface area contributed by atoms with E-state index >= 15 is 0 Å². The van der Waals surface area contributed by atoms with Crippen molar-refractivity contribution in [3.8, 4) is 0 Å². The molecule has 0 bridgehead atoms. The molecular weight excluding hydrogens is 210 g/mol. The minimum atomic E-state index is 0.394. The predicted octanol–water partition coefficient (Wildman–Crippen LogP) is 3.84. The van der Waals surface area contributed by atoms with Gasteiger partial charge in [0.05, 0.1) is 0 Å². The number of ketones is 1. The van der Waals surface area contributed by atoms with Crippen molar-refractivity contribution in [1.82, 2.24) is 5.32 Å². The van der Waals surface area contributed by atoms with Crippen molar-refractivity contribution in [2.24, 2.45) is 0 Å². The van der Waals surface area contributed by atoms with Gasteiger partial charge in [-0.15, -0.1) is 0 Å². The number of nitrogens with one attached hydrogen (secondary N) is 1. The van der Waals surface area contributed by atoms with E-state index in [1.165, 1.54) is 51.4 Å². The van der Waals surface area contributed by atoms with Crippen molar-refractivity contribution < 1.29 is 4.79 Å². The number of piperidine rings is 1. The first-order valence-electron chi connectivity index (χ1n) is 7.50. The molecule has 1 saturated heterocycles. The summed E-state index contributed by atoms with van der Waals surface area (Å²) in [7, 11) is 0. The summed E-state index contributed by atoms with van der Waals surface area (Å²) in [5, 5.41) is 3.54. The van der Waals surface area contributed by atoms with Gasteiger partial charge in [0.2, 0.25) is 0 Å². The number of carbonyl (C=O) groups excluding carboxylic acids is 1. The lowest BCUT2D eigenvalue weighted by molar-refractivity contribution is -0.121. The fraction of sp³-hybridized carbons (Fsp3) is 0.933. The summed E-state index contributed by atoms with van der Waals surface area (Å²) in [4.78, 5) is 11.5. The molecule has 2 heteroatoms. The highest BCUT2D eigenvalue weighted by Gasteiger charge is 2.22. The first-order chi connectivity index (χ1) is 8.22. The van der Waals surface area contributed by atoms with Gasteiger partial charge in [-0.25, -0.2) is 0 Å². The fourth-order valence-electron chi connectivity index (χ4n) is 2.75. The van der Waals surface area contributed by atoms with Gasteiger partial charge in [0.25, 0.3) is 0 Å². The molecule has 1 aliphatic rings. The van der Waals surface area contributed by atoms with Crippen LogP contribution in [0.25, 0.3) is 0 Å². The van der Waals surface area contributed by atoms with E-state index in [0.717, 1.165) is 12.8 Å². The zero-order valence-electron chi connectivity index (χ0n) is 11.6. The molecular formula is C15H29NO. The lowest BCUT2D eigenvalue weighted by atomic mass is 9.94.